The van der Waals surface area contributed by atoms with Gasteiger partial charge in [-0.05, 0) is 46.5 Å². The predicted octanol–water partition coefficient (Wildman–Crippen LogP) is 4.39. The van der Waals surface area contributed by atoms with E-state index in [9.17, 15) is 0 Å². The van der Waals surface area contributed by atoms with Gasteiger partial charge in [-0.15, -0.1) is 0 Å². The molecule has 1 aromatic carbocycles. The number of ether oxygens (including phenoxy) is 1. The normalized spacial score (nSPS) is 10.8. The van der Waals surface area contributed by atoms with Crippen LogP contribution in [0.15, 0.2) is 22.7 Å². The van der Waals surface area contributed by atoms with Gasteiger partial charge < -0.3 is 10.1 Å². The van der Waals surface area contributed by atoms with Crippen LogP contribution < -0.4 is 10.1 Å². The van der Waals surface area contributed by atoms with Crippen LogP contribution in [0.2, 0.25) is 0 Å². The van der Waals surface area contributed by atoms with Crippen molar-refractivity contribution in [1.29, 1.82) is 0 Å². The maximum Gasteiger partial charge on any atom is 0.165 e. The van der Waals surface area contributed by atoms with Crippen LogP contribution in [-0.2, 0) is 0 Å². The summed E-state index contributed by atoms with van der Waals surface area (Å²) in [7, 11) is 3.52. The second-order valence-electron chi connectivity index (χ2n) is 5.20. The standard InChI is InChI=1S/C16H20BrN3O/c1-9(2)14-13(17)16(18-4)20-15(19-14)11-7-6-10(3)8-12(11)21-5/h6-9H,1-5H3,(H,18,19,20). The largest absolute Gasteiger partial charge is 0.496 e. The second kappa shape index (κ2) is 6.43. The minimum absolute atomic E-state index is 0.296. The molecule has 0 aliphatic carbocycles. The number of hydrogen-bond donors (Lipinski definition) is 1. The molecule has 2 aromatic rings. The lowest BCUT2D eigenvalue weighted by Crippen LogP contribution is -2.05. The lowest BCUT2D eigenvalue weighted by atomic mass is 10.1. The van der Waals surface area contributed by atoms with Gasteiger partial charge in [-0.1, -0.05) is 19.9 Å². The highest BCUT2D eigenvalue weighted by Crippen LogP contribution is 2.34. The van der Waals surface area contributed by atoms with Gasteiger partial charge in [-0.2, -0.15) is 0 Å². The lowest BCUT2D eigenvalue weighted by Gasteiger charge is -2.15. The van der Waals surface area contributed by atoms with E-state index in [2.05, 4.69) is 40.1 Å². The Balaban J connectivity index is 2.67. The fourth-order valence-corrected chi connectivity index (χ4v) is 2.95. The number of aromatic nitrogens is 2. The summed E-state index contributed by atoms with van der Waals surface area (Å²) >= 11 is 3.58. The molecule has 0 amide bonds. The minimum Gasteiger partial charge on any atom is -0.496 e. The zero-order chi connectivity index (χ0) is 15.6. The van der Waals surface area contributed by atoms with E-state index < -0.39 is 0 Å². The van der Waals surface area contributed by atoms with E-state index in [1.807, 2.05) is 32.2 Å². The SMILES string of the molecule is CNc1nc(-c2ccc(C)cc2OC)nc(C(C)C)c1Br. The molecule has 0 bridgehead atoms. The molecule has 0 spiro atoms. The van der Waals surface area contributed by atoms with Crippen molar-refractivity contribution in [3.63, 3.8) is 0 Å². The summed E-state index contributed by atoms with van der Waals surface area (Å²) in [5.74, 6) is 2.54. The summed E-state index contributed by atoms with van der Waals surface area (Å²) in [6.45, 7) is 6.26. The summed E-state index contributed by atoms with van der Waals surface area (Å²) in [5, 5.41) is 3.11. The highest BCUT2D eigenvalue weighted by Gasteiger charge is 2.17. The highest BCUT2D eigenvalue weighted by molar-refractivity contribution is 9.10. The molecule has 0 atom stereocenters. The molecule has 5 heteroatoms. The van der Waals surface area contributed by atoms with E-state index in [-0.39, 0.29) is 0 Å². The Hall–Kier alpha value is -1.62. The van der Waals surface area contributed by atoms with Gasteiger partial charge >= 0.3 is 0 Å². The Bertz CT molecular complexity index is 656. The van der Waals surface area contributed by atoms with Gasteiger partial charge in [0.15, 0.2) is 5.82 Å². The van der Waals surface area contributed by atoms with Gasteiger partial charge in [-0.25, -0.2) is 9.97 Å². The first kappa shape index (κ1) is 15.8. The molecule has 21 heavy (non-hydrogen) atoms. The van der Waals surface area contributed by atoms with Crippen LogP contribution in [0, 0.1) is 6.92 Å². The number of hydrogen-bond acceptors (Lipinski definition) is 4. The number of aryl methyl sites for hydroxylation is 1. The molecule has 1 aromatic heterocycles. The average molecular weight is 350 g/mol. The van der Waals surface area contributed by atoms with Crippen LogP contribution in [0.1, 0.15) is 31.0 Å². The predicted molar refractivity (Wildman–Crippen MR) is 90.1 cm³/mol. The van der Waals surface area contributed by atoms with Crippen LogP contribution in [0.5, 0.6) is 5.75 Å². The fourth-order valence-electron chi connectivity index (χ4n) is 2.12. The molecule has 1 heterocycles. The molecule has 112 valence electrons. The number of rotatable bonds is 4. The third-order valence-corrected chi connectivity index (χ3v) is 4.04. The third-order valence-electron chi connectivity index (χ3n) is 3.26. The van der Waals surface area contributed by atoms with E-state index >= 15 is 0 Å². The zero-order valence-electron chi connectivity index (χ0n) is 13.0. The number of methoxy groups -OCH3 is 1. The molecule has 0 saturated carbocycles. The van der Waals surface area contributed by atoms with Gasteiger partial charge in [0.05, 0.1) is 22.8 Å². The second-order valence-corrected chi connectivity index (χ2v) is 6.00. The van der Waals surface area contributed by atoms with Gasteiger partial charge in [-0.3, -0.25) is 0 Å². The Labute approximate surface area is 134 Å². The Morgan fingerprint density at radius 2 is 1.95 bits per heavy atom. The first-order chi connectivity index (χ1) is 9.97. The summed E-state index contributed by atoms with van der Waals surface area (Å²) in [5.41, 5.74) is 3.02. The Morgan fingerprint density at radius 3 is 2.52 bits per heavy atom. The summed E-state index contributed by atoms with van der Waals surface area (Å²) in [6, 6.07) is 6.03. The van der Waals surface area contributed by atoms with E-state index in [1.54, 1.807) is 7.11 Å². The van der Waals surface area contributed by atoms with E-state index in [0.717, 1.165) is 32.9 Å². The maximum atomic E-state index is 5.47. The number of benzene rings is 1. The smallest absolute Gasteiger partial charge is 0.165 e. The van der Waals surface area contributed by atoms with Gasteiger partial charge in [0.2, 0.25) is 0 Å². The molecule has 0 radical (unpaired) electrons. The van der Waals surface area contributed by atoms with Crippen molar-refractivity contribution in [1.82, 2.24) is 9.97 Å². The average Bonchev–Trinajstić information content (AvgIpc) is 2.47. The fraction of sp³-hybridized carbons (Fsp3) is 0.375. The summed E-state index contributed by atoms with van der Waals surface area (Å²) in [6.07, 6.45) is 0. The van der Waals surface area contributed by atoms with Crippen LogP contribution in [0.3, 0.4) is 0 Å². The highest BCUT2D eigenvalue weighted by atomic mass is 79.9. The molecule has 2 rings (SSSR count). The molecule has 1 N–H and O–H groups in total. The lowest BCUT2D eigenvalue weighted by molar-refractivity contribution is 0.416. The van der Waals surface area contributed by atoms with Crippen LogP contribution in [0.4, 0.5) is 5.82 Å². The third kappa shape index (κ3) is 3.18. The van der Waals surface area contributed by atoms with Gasteiger partial charge in [0.1, 0.15) is 11.6 Å². The molecular formula is C16H20BrN3O. The van der Waals surface area contributed by atoms with Crippen molar-refractivity contribution < 1.29 is 4.74 Å². The topological polar surface area (TPSA) is 47.0 Å². The quantitative estimate of drug-likeness (QED) is 0.889. The Morgan fingerprint density at radius 1 is 1.24 bits per heavy atom. The Kier molecular flexibility index (Phi) is 4.83. The van der Waals surface area contributed by atoms with Crippen molar-refractivity contribution >= 4 is 21.7 Å². The van der Waals surface area contributed by atoms with E-state index in [4.69, 9.17) is 9.72 Å². The van der Waals surface area contributed by atoms with E-state index in [1.165, 1.54) is 0 Å². The molecule has 0 aliphatic heterocycles. The molecule has 0 fully saturated rings. The number of nitrogens with one attached hydrogen (secondary N) is 1. The van der Waals surface area contributed by atoms with Crippen LogP contribution in [-0.4, -0.2) is 24.1 Å². The first-order valence-electron chi connectivity index (χ1n) is 6.88. The summed E-state index contributed by atoms with van der Waals surface area (Å²) in [4.78, 5) is 9.30. The number of halogens is 1. The maximum absolute atomic E-state index is 5.47. The molecule has 0 unspecified atom stereocenters. The van der Waals surface area contributed by atoms with Gasteiger partial charge in [0, 0.05) is 7.05 Å². The molecule has 0 aliphatic rings. The zero-order valence-corrected chi connectivity index (χ0v) is 14.6. The van der Waals surface area contributed by atoms with E-state index in [0.29, 0.717) is 11.7 Å². The van der Waals surface area contributed by atoms with Crippen molar-refractivity contribution in [3.8, 4) is 17.1 Å². The minimum atomic E-state index is 0.296. The first-order valence-corrected chi connectivity index (χ1v) is 7.67. The van der Waals surface area contributed by atoms with Crippen molar-refractivity contribution in [2.24, 2.45) is 0 Å². The van der Waals surface area contributed by atoms with Crippen LogP contribution in [0.25, 0.3) is 11.4 Å². The van der Waals surface area contributed by atoms with Crippen LogP contribution >= 0.6 is 15.9 Å². The number of nitrogens with zero attached hydrogens (tertiary/aromatic N) is 2. The molecule has 4 nitrogen and oxygen atoms in total. The monoisotopic (exact) mass is 349 g/mol. The molecule has 0 saturated heterocycles. The van der Waals surface area contributed by atoms with Crippen molar-refractivity contribution in [2.45, 2.75) is 26.7 Å². The number of anilines is 1. The summed E-state index contributed by atoms with van der Waals surface area (Å²) < 4.78 is 6.38. The van der Waals surface area contributed by atoms with Gasteiger partial charge in [0.25, 0.3) is 0 Å². The van der Waals surface area contributed by atoms with Crippen molar-refractivity contribution in [3.05, 3.63) is 33.9 Å². The van der Waals surface area contributed by atoms with Crippen molar-refractivity contribution in [2.75, 3.05) is 19.5 Å². The molecular weight excluding hydrogens is 330 g/mol.